The fourth-order valence-corrected chi connectivity index (χ4v) is 3.22. The van der Waals surface area contributed by atoms with E-state index in [0.29, 0.717) is 15.8 Å². The maximum absolute atomic E-state index is 12.4. The lowest BCUT2D eigenvalue weighted by molar-refractivity contribution is -0.149. The first-order valence-corrected chi connectivity index (χ1v) is 9.76. The Morgan fingerprint density at radius 3 is 2.45 bits per heavy atom. The van der Waals surface area contributed by atoms with E-state index in [9.17, 15) is 9.59 Å². The van der Waals surface area contributed by atoms with Crippen molar-refractivity contribution in [2.75, 3.05) is 20.3 Å². The number of para-hydroxylation sites is 1. The molecule has 0 aromatic heterocycles. The van der Waals surface area contributed by atoms with Crippen molar-refractivity contribution in [2.45, 2.75) is 25.4 Å². The first kappa shape index (κ1) is 23.0. The normalized spacial score (nSPS) is 13.8. The van der Waals surface area contributed by atoms with Gasteiger partial charge in [0.25, 0.3) is 0 Å². The van der Waals surface area contributed by atoms with E-state index in [-0.39, 0.29) is 25.1 Å². The minimum atomic E-state index is -1.21. The Labute approximate surface area is 180 Å². The van der Waals surface area contributed by atoms with Crippen molar-refractivity contribution in [3.05, 3.63) is 64.1 Å². The third-order valence-electron chi connectivity index (χ3n) is 4.35. The zero-order valence-corrected chi connectivity index (χ0v) is 18.0. The van der Waals surface area contributed by atoms with Gasteiger partial charge in [-0.25, -0.2) is 4.79 Å². The van der Waals surface area contributed by atoms with Gasteiger partial charge < -0.3 is 14.8 Å². The Morgan fingerprint density at radius 1 is 1.14 bits per heavy atom. The van der Waals surface area contributed by atoms with E-state index in [1.54, 1.807) is 37.3 Å². The number of ether oxygens (including phenoxy) is 2. The second-order valence-electron chi connectivity index (χ2n) is 6.73. The molecule has 2 atom stereocenters. The smallest absolute Gasteiger partial charge is 0.329 e. The van der Waals surface area contributed by atoms with Crippen molar-refractivity contribution >= 4 is 35.1 Å². The van der Waals surface area contributed by atoms with Gasteiger partial charge in [-0.05, 0) is 43.7 Å². The van der Waals surface area contributed by atoms with Crippen LogP contribution in [0.4, 0.5) is 0 Å². The Hall–Kier alpha value is -2.28. The predicted octanol–water partition coefficient (Wildman–Crippen LogP) is 3.77. The molecule has 0 bridgehead atoms. The molecule has 29 heavy (non-hydrogen) atoms. The van der Waals surface area contributed by atoms with Crippen LogP contribution in [0.3, 0.4) is 0 Å². The third-order valence-corrected chi connectivity index (χ3v) is 4.91. The molecule has 2 unspecified atom stereocenters. The van der Waals surface area contributed by atoms with Crippen LogP contribution in [-0.4, -0.2) is 37.7 Å². The Morgan fingerprint density at radius 2 is 1.83 bits per heavy atom. The van der Waals surface area contributed by atoms with Gasteiger partial charge in [-0.3, -0.25) is 10.1 Å². The molecule has 0 spiro atoms. The summed E-state index contributed by atoms with van der Waals surface area (Å²) in [4.78, 5) is 24.7. The highest BCUT2D eigenvalue weighted by Gasteiger charge is 2.36. The quantitative estimate of drug-likeness (QED) is 0.582. The zero-order valence-electron chi connectivity index (χ0n) is 16.5. The van der Waals surface area contributed by atoms with Gasteiger partial charge in [0.2, 0.25) is 5.91 Å². The van der Waals surface area contributed by atoms with Crippen molar-refractivity contribution in [3.63, 3.8) is 0 Å². The number of hydrogen-bond donors (Lipinski definition) is 2. The predicted molar refractivity (Wildman–Crippen MR) is 113 cm³/mol. The fraction of sp³-hybridized carbons (Fsp3) is 0.333. The standard InChI is InChI=1S/C21H24Cl2N2O4/c1-14(17-10-9-15(22)11-18(17)23)25-19(26)12-24-21(2,20(27)28-3)13-29-16-7-5-4-6-8-16/h4-11,14,24H,12-13H2,1-3H3,(H,25,26). The van der Waals surface area contributed by atoms with Crippen molar-refractivity contribution < 1.29 is 19.1 Å². The fourth-order valence-electron chi connectivity index (χ4n) is 2.65. The molecule has 8 heteroatoms. The van der Waals surface area contributed by atoms with Gasteiger partial charge in [-0.15, -0.1) is 0 Å². The summed E-state index contributed by atoms with van der Waals surface area (Å²) < 4.78 is 10.5. The molecule has 1 amide bonds. The highest BCUT2D eigenvalue weighted by Crippen LogP contribution is 2.26. The van der Waals surface area contributed by atoms with E-state index in [1.807, 2.05) is 25.1 Å². The number of carbonyl (C=O) groups is 2. The van der Waals surface area contributed by atoms with Crippen LogP contribution in [0.15, 0.2) is 48.5 Å². The highest BCUT2D eigenvalue weighted by atomic mass is 35.5. The average Bonchev–Trinajstić information content (AvgIpc) is 2.70. The number of halogens is 2. The molecular formula is C21H24Cl2N2O4. The number of benzene rings is 2. The van der Waals surface area contributed by atoms with E-state index in [2.05, 4.69) is 10.6 Å². The zero-order chi connectivity index (χ0) is 21.4. The number of rotatable bonds is 9. The van der Waals surface area contributed by atoms with Gasteiger partial charge in [0, 0.05) is 10.0 Å². The average molecular weight is 439 g/mol. The second kappa shape index (κ2) is 10.5. The van der Waals surface area contributed by atoms with Gasteiger partial charge in [-0.1, -0.05) is 47.5 Å². The molecule has 0 saturated carbocycles. The summed E-state index contributed by atoms with van der Waals surface area (Å²) in [5.74, 6) is -0.228. The van der Waals surface area contributed by atoms with E-state index < -0.39 is 11.5 Å². The Balaban J connectivity index is 1.96. The van der Waals surface area contributed by atoms with Gasteiger partial charge in [0.15, 0.2) is 0 Å². The van der Waals surface area contributed by atoms with E-state index in [0.717, 1.165) is 5.56 Å². The first-order valence-electron chi connectivity index (χ1n) is 9.01. The lowest BCUT2D eigenvalue weighted by Gasteiger charge is -2.28. The highest BCUT2D eigenvalue weighted by molar-refractivity contribution is 6.35. The number of amides is 1. The van der Waals surface area contributed by atoms with E-state index in [4.69, 9.17) is 32.7 Å². The summed E-state index contributed by atoms with van der Waals surface area (Å²) in [5, 5.41) is 6.76. The summed E-state index contributed by atoms with van der Waals surface area (Å²) in [6.45, 7) is 3.31. The molecule has 0 fully saturated rings. The molecule has 0 aliphatic carbocycles. The lowest BCUT2D eigenvalue weighted by atomic mass is 10.0. The van der Waals surface area contributed by atoms with Crippen LogP contribution >= 0.6 is 23.2 Å². The van der Waals surface area contributed by atoms with E-state index >= 15 is 0 Å². The second-order valence-corrected chi connectivity index (χ2v) is 7.58. The van der Waals surface area contributed by atoms with Crippen LogP contribution in [0, 0.1) is 0 Å². The molecule has 2 rings (SSSR count). The maximum Gasteiger partial charge on any atom is 0.329 e. The SMILES string of the molecule is COC(=O)C(C)(COc1ccccc1)NCC(=O)NC(C)c1ccc(Cl)cc1Cl. The van der Waals surface area contributed by atoms with Crippen LogP contribution in [-0.2, 0) is 14.3 Å². The van der Waals surface area contributed by atoms with Gasteiger partial charge in [-0.2, -0.15) is 0 Å². The number of hydrogen-bond acceptors (Lipinski definition) is 5. The van der Waals surface area contributed by atoms with Crippen molar-refractivity contribution in [2.24, 2.45) is 0 Å². The number of nitrogens with one attached hydrogen (secondary N) is 2. The van der Waals surface area contributed by atoms with Gasteiger partial charge in [0.1, 0.15) is 17.9 Å². The Kier molecular flexibility index (Phi) is 8.32. The van der Waals surface area contributed by atoms with Crippen LogP contribution in [0.1, 0.15) is 25.5 Å². The van der Waals surface area contributed by atoms with E-state index in [1.165, 1.54) is 7.11 Å². The molecule has 2 N–H and O–H groups in total. The summed E-state index contributed by atoms with van der Waals surface area (Å²) in [5.41, 5.74) is -0.462. The molecule has 0 saturated heterocycles. The molecule has 2 aromatic rings. The van der Waals surface area contributed by atoms with Crippen molar-refractivity contribution in [3.8, 4) is 5.75 Å². The number of carbonyl (C=O) groups excluding carboxylic acids is 2. The maximum atomic E-state index is 12.4. The summed E-state index contributed by atoms with van der Waals surface area (Å²) in [6.07, 6.45) is 0. The molecule has 0 heterocycles. The molecule has 6 nitrogen and oxygen atoms in total. The van der Waals surface area contributed by atoms with Crippen LogP contribution in [0.5, 0.6) is 5.75 Å². The molecule has 0 aliphatic rings. The van der Waals surface area contributed by atoms with Crippen molar-refractivity contribution in [1.82, 2.24) is 10.6 Å². The van der Waals surface area contributed by atoms with Crippen LogP contribution in [0.25, 0.3) is 0 Å². The van der Waals surface area contributed by atoms with Crippen molar-refractivity contribution in [1.29, 1.82) is 0 Å². The summed E-state index contributed by atoms with van der Waals surface area (Å²) >= 11 is 12.1. The largest absolute Gasteiger partial charge is 0.491 e. The lowest BCUT2D eigenvalue weighted by Crippen LogP contribution is -2.57. The molecule has 0 radical (unpaired) electrons. The van der Waals surface area contributed by atoms with Crippen LogP contribution in [0.2, 0.25) is 10.0 Å². The molecule has 2 aromatic carbocycles. The minimum Gasteiger partial charge on any atom is -0.491 e. The Bertz CT molecular complexity index is 848. The van der Waals surface area contributed by atoms with Gasteiger partial charge >= 0.3 is 5.97 Å². The van der Waals surface area contributed by atoms with Gasteiger partial charge in [0.05, 0.1) is 19.7 Å². The minimum absolute atomic E-state index is 0.00443. The first-order chi connectivity index (χ1) is 13.7. The molecule has 156 valence electrons. The molecule has 0 aliphatic heterocycles. The topological polar surface area (TPSA) is 76.7 Å². The summed E-state index contributed by atoms with van der Waals surface area (Å²) in [7, 11) is 1.29. The monoisotopic (exact) mass is 438 g/mol. The summed E-state index contributed by atoms with van der Waals surface area (Å²) in [6, 6.07) is 13.8. The third kappa shape index (κ3) is 6.63. The molecular weight excluding hydrogens is 415 g/mol. The number of esters is 1. The number of methoxy groups -OCH3 is 1. The van der Waals surface area contributed by atoms with Crippen LogP contribution < -0.4 is 15.4 Å².